The number of amides is 1. The Labute approximate surface area is 179 Å². The number of ether oxygens (including phenoxy) is 2. The minimum absolute atomic E-state index is 0.0326. The molecular formula is C22H23N3O6. The smallest absolute Gasteiger partial charge is 0.339 e. The fraction of sp³-hybridized carbons (Fsp3) is 0.364. The van der Waals surface area contributed by atoms with E-state index in [0.29, 0.717) is 38.5 Å². The zero-order valence-electron chi connectivity index (χ0n) is 17.2. The number of hydrogen-bond acceptors (Lipinski definition) is 7. The second-order valence-corrected chi connectivity index (χ2v) is 7.48. The average molecular weight is 425 g/mol. The maximum Gasteiger partial charge on any atom is 0.339 e. The highest BCUT2D eigenvalue weighted by molar-refractivity contribution is 6.00. The topological polar surface area (TPSA) is 102 Å². The summed E-state index contributed by atoms with van der Waals surface area (Å²) in [6, 6.07) is 11.8. The molecule has 0 N–H and O–H groups in total. The molecule has 1 amide bonds. The molecular weight excluding hydrogens is 402 g/mol. The summed E-state index contributed by atoms with van der Waals surface area (Å²) in [6.45, 7) is 4.08. The van der Waals surface area contributed by atoms with Crippen molar-refractivity contribution in [1.82, 2.24) is 0 Å². The van der Waals surface area contributed by atoms with Gasteiger partial charge in [-0.05, 0) is 37.1 Å². The molecule has 2 aliphatic heterocycles. The molecule has 2 aromatic carbocycles. The third-order valence-corrected chi connectivity index (χ3v) is 5.54. The summed E-state index contributed by atoms with van der Waals surface area (Å²) in [6.07, 6.45) is -0.269. The minimum atomic E-state index is -1.02. The van der Waals surface area contributed by atoms with E-state index < -0.39 is 17.0 Å². The van der Waals surface area contributed by atoms with Crippen molar-refractivity contribution in [2.45, 2.75) is 19.4 Å². The lowest BCUT2D eigenvalue weighted by atomic mass is 10.1. The Balaban J connectivity index is 1.48. The first-order valence-electron chi connectivity index (χ1n) is 10.2. The lowest BCUT2D eigenvalue weighted by Gasteiger charge is -2.28. The molecule has 0 aliphatic carbocycles. The van der Waals surface area contributed by atoms with E-state index >= 15 is 0 Å². The highest BCUT2D eigenvalue weighted by atomic mass is 16.6. The van der Waals surface area contributed by atoms with Gasteiger partial charge in [-0.3, -0.25) is 14.9 Å². The van der Waals surface area contributed by atoms with E-state index in [1.54, 1.807) is 11.0 Å². The van der Waals surface area contributed by atoms with Gasteiger partial charge >= 0.3 is 5.97 Å². The van der Waals surface area contributed by atoms with Crippen molar-refractivity contribution in [3.8, 4) is 0 Å². The van der Waals surface area contributed by atoms with Crippen molar-refractivity contribution >= 4 is 28.9 Å². The zero-order valence-corrected chi connectivity index (χ0v) is 17.2. The maximum atomic E-state index is 12.8. The molecule has 1 saturated heterocycles. The van der Waals surface area contributed by atoms with E-state index in [4.69, 9.17) is 9.47 Å². The van der Waals surface area contributed by atoms with Crippen LogP contribution in [0.4, 0.5) is 17.1 Å². The molecule has 1 fully saturated rings. The molecule has 9 nitrogen and oxygen atoms in total. The first-order valence-corrected chi connectivity index (χ1v) is 10.2. The number of carbonyl (C=O) groups excluding carboxylic acids is 2. The number of esters is 1. The van der Waals surface area contributed by atoms with Crippen molar-refractivity contribution in [2.24, 2.45) is 0 Å². The van der Waals surface area contributed by atoms with Crippen LogP contribution in [0, 0.1) is 10.1 Å². The first-order chi connectivity index (χ1) is 15.0. The molecule has 0 spiro atoms. The van der Waals surface area contributed by atoms with Crippen LogP contribution in [0.1, 0.15) is 22.8 Å². The standard InChI is InChI=1S/C22H23N3O6/c1-15(21(26)24-9-8-16-4-2-3-5-18(16)24)31-22(27)17-6-7-19(20(14-17)25(28)29)23-10-12-30-13-11-23/h2-7,14-15H,8-13H2,1H3/t15-/m1/s1. The van der Waals surface area contributed by atoms with Gasteiger partial charge in [-0.1, -0.05) is 18.2 Å². The molecule has 4 rings (SSSR count). The SMILES string of the molecule is C[C@@H](OC(=O)c1ccc(N2CCOCC2)c([N+](=O)[O-])c1)C(=O)N1CCc2ccccc21. The molecule has 2 heterocycles. The van der Waals surface area contributed by atoms with Gasteiger partial charge in [0.15, 0.2) is 6.10 Å². The van der Waals surface area contributed by atoms with Gasteiger partial charge in [0.1, 0.15) is 5.69 Å². The third kappa shape index (κ3) is 4.22. The molecule has 0 saturated carbocycles. The molecule has 0 radical (unpaired) electrons. The Kier molecular flexibility index (Phi) is 5.85. The molecule has 31 heavy (non-hydrogen) atoms. The Morgan fingerprint density at radius 1 is 1.10 bits per heavy atom. The maximum absolute atomic E-state index is 12.8. The average Bonchev–Trinajstić information content (AvgIpc) is 3.22. The number of carbonyl (C=O) groups is 2. The van der Waals surface area contributed by atoms with Crippen LogP contribution >= 0.6 is 0 Å². The summed E-state index contributed by atoms with van der Waals surface area (Å²) in [5.74, 6) is -1.09. The number of hydrogen-bond donors (Lipinski definition) is 0. The van der Waals surface area contributed by atoms with Crippen molar-refractivity contribution in [2.75, 3.05) is 42.6 Å². The van der Waals surface area contributed by atoms with Crippen LogP contribution in [-0.4, -0.2) is 55.8 Å². The van der Waals surface area contributed by atoms with Crippen LogP contribution in [0.25, 0.3) is 0 Å². The van der Waals surface area contributed by atoms with Crippen molar-refractivity contribution in [1.29, 1.82) is 0 Å². The molecule has 162 valence electrons. The molecule has 1 atom stereocenters. The van der Waals surface area contributed by atoms with E-state index in [0.717, 1.165) is 17.7 Å². The number of nitrogens with zero attached hydrogens (tertiary/aromatic N) is 3. The summed E-state index contributed by atoms with van der Waals surface area (Å²) in [4.78, 5) is 40.0. The van der Waals surface area contributed by atoms with Crippen molar-refractivity contribution in [3.05, 3.63) is 63.7 Å². The van der Waals surface area contributed by atoms with E-state index in [9.17, 15) is 19.7 Å². The van der Waals surface area contributed by atoms with Gasteiger partial charge in [-0.2, -0.15) is 0 Å². The van der Waals surface area contributed by atoms with Gasteiger partial charge in [0.05, 0.1) is 23.7 Å². The largest absolute Gasteiger partial charge is 0.449 e. The number of morpholine rings is 1. The van der Waals surface area contributed by atoms with Crippen LogP contribution in [0.2, 0.25) is 0 Å². The monoisotopic (exact) mass is 425 g/mol. The fourth-order valence-corrected chi connectivity index (χ4v) is 3.93. The molecule has 2 aromatic rings. The fourth-order valence-electron chi connectivity index (χ4n) is 3.93. The Hall–Kier alpha value is -3.46. The number of nitro benzene ring substituents is 1. The highest BCUT2D eigenvalue weighted by Gasteiger charge is 2.31. The summed E-state index contributed by atoms with van der Waals surface area (Å²) < 4.78 is 10.7. The summed E-state index contributed by atoms with van der Waals surface area (Å²) in [5, 5.41) is 11.6. The first kappa shape index (κ1) is 20.8. The van der Waals surface area contributed by atoms with Gasteiger partial charge in [-0.25, -0.2) is 4.79 Å². The molecule has 2 aliphatic rings. The van der Waals surface area contributed by atoms with Crippen LogP contribution in [0.3, 0.4) is 0 Å². The number of para-hydroxylation sites is 1. The van der Waals surface area contributed by atoms with Crippen LogP contribution in [0.15, 0.2) is 42.5 Å². The Morgan fingerprint density at radius 2 is 1.84 bits per heavy atom. The third-order valence-electron chi connectivity index (χ3n) is 5.54. The number of nitro groups is 1. The summed E-state index contributed by atoms with van der Waals surface area (Å²) >= 11 is 0. The lowest BCUT2D eigenvalue weighted by Crippen LogP contribution is -2.39. The summed E-state index contributed by atoms with van der Waals surface area (Å²) in [5.41, 5.74) is 2.18. The van der Waals surface area contributed by atoms with Gasteiger partial charge < -0.3 is 19.3 Å². The normalized spacial score (nSPS) is 16.5. The van der Waals surface area contributed by atoms with Gasteiger partial charge in [0, 0.05) is 31.4 Å². The predicted octanol–water partition coefficient (Wildman–Crippen LogP) is 2.57. The lowest BCUT2D eigenvalue weighted by molar-refractivity contribution is -0.384. The van der Waals surface area contributed by atoms with E-state index in [1.165, 1.54) is 19.1 Å². The van der Waals surface area contributed by atoms with E-state index in [1.807, 2.05) is 29.2 Å². The Morgan fingerprint density at radius 3 is 2.58 bits per heavy atom. The van der Waals surface area contributed by atoms with E-state index in [2.05, 4.69) is 0 Å². The zero-order chi connectivity index (χ0) is 22.0. The van der Waals surface area contributed by atoms with Crippen LogP contribution in [0.5, 0.6) is 0 Å². The highest BCUT2D eigenvalue weighted by Crippen LogP contribution is 2.31. The van der Waals surface area contributed by atoms with Gasteiger partial charge in [0.2, 0.25) is 0 Å². The van der Waals surface area contributed by atoms with Crippen molar-refractivity contribution < 1.29 is 24.0 Å². The number of anilines is 2. The molecule has 9 heteroatoms. The quantitative estimate of drug-likeness (QED) is 0.412. The van der Waals surface area contributed by atoms with E-state index in [-0.39, 0.29) is 17.2 Å². The van der Waals surface area contributed by atoms with Crippen molar-refractivity contribution in [3.63, 3.8) is 0 Å². The minimum Gasteiger partial charge on any atom is -0.449 e. The second-order valence-electron chi connectivity index (χ2n) is 7.48. The number of benzene rings is 2. The van der Waals surface area contributed by atoms with Gasteiger partial charge in [-0.15, -0.1) is 0 Å². The summed E-state index contributed by atoms with van der Waals surface area (Å²) in [7, 11) is 0. The number of fused-ring (bicyclic) bond motifs is 1. The van der Waals surface area contributed by atoms with Gasteiger partial charge in [0.25, 0.3) is 11.6 Å². The molecule has 0 unspecified atom stereocenters. The molecule has 0 aromatic heterocycles. The van der Waals surface area contributed by atoms with Crippen LogP contribution in [-0.2, 0) is 20.7 Å². The number of rotatable bonds is 5. The molecule has 0 bridgehead atoms. The van der Waals surface area contributed by atoms with Crippen LogP contribution < -0.4 is 9.80 Å². The second kappa shape index (κ2) is 8.73. The Bertz CT molecular complexity index is 1020. The predicted molar refractivity (Wildman–Crippen MR) is 114 cm³/mol.